The third kappa shape index (κ3) is 3.33. The second-order valence-corrected chi connectivity index (χ2v) is 7.53. The molecule has 1 unspecified atom stereocenters. The molecule has 0 saturated carbocycles. The summed E-state index contributed by atoms with van der Waals surface area (Å²) in [6, 6.07) is 8.94. The lowest BCUT2D eigenvalue weighted by atomic mass is 9.96. The highest BCUT2D eigenvalue weighted by atomic mass is 32.2. The summed E-state index contributed by atoms with van der Waals surface area (Å²) in [4.78, 5) is 29.8. The number of hydrogen-bond donors (Lipinski definition) is 2. The predicted molar refractivity (Wildman–Crippen MR) is 109 cm³/mol. The van der Waals surface area contributed by atoms with Crippen molar-refractivity contribution in [3.05, 3.63) is 69.4 Å². The molecule has 0 aliphatic carbocycles. The van der Waals surface area contributed by atoms with Crippen molar-refractivity contribution in [2.75, 3.05) is 6.26 Å². The Morgan fingerprint density at radius 1 is 1.34 bits per heavy atom. The highest BCUT2D eigenvalue weighted by Gasteiger charge is 2.31. The maximum absolute atomic E-state index is 12.4. The van der Waals surface area contributed by atoms with E-state index in [1.54, 1.807) is 23.4 Å². The number of aliphatic imine (C=N–C) groups is 1. The van der Waals surface area contributed by atoms with Gasteiger partial charge in [-0.15, -0.1) is 11.8 Å². The first-order valence-corrected chi connectivity index (χ1v) is 10.0. The Bertz CT molecular complexity index is 1190. The number of carbonyl (C=O) groups excluding carboxylic acids is 1. The van der Waals surface area contributed by atoms with Crippen molar-refractivity contribution in [2.24, 2.45) is 10.7 Å². The van der Waals surface area contributed by atoms with E-state index < -0.39 is 11.5 Å². The number of aryl methyl sites for hydroxylation is 1. The van der Waals surface area contributed by atoms with Gasteiger partial charge >= 0.3 is 5.63 Å². The molecule has 0 bridgehead atoms. The highest BCUT2D eigenvalue weighted by Crippen LogP contribution is 2.36. The average molecular weight is 410 g/mol. The Kier molecular flexibility index (Phi) is 4.75. The van der Waals surface area contributed by atoms with Crippen molar-refractivity contribution in [3.8, 4) is 5.75 Å². The van der Waals surface area contributed by atoms with Crippen molar-refractivity contribution in [3.63, 3.8) is 0 Å². The lowest BCUT2D eigenvalue weighted by Crippen LogP contribution is -2.25. The monoisotopic (exact) mass is 410 g/mol. The molecule has 1 aliphatic heterocycles. The van der Waals surface area contributed by atoms with Crippen LogP contribution < -0.4 is 11.4 Å². The summed E-state index contributed by atoms with van der Waals surface area (Å²) < 4.78 is 6.76. The number of nitrogens with zero attached hydrogens (tertiary/aromatic N) is 3. The number of nitrogens with two attached hydrogens (primary N) is 1. The molecule has 0 saturated heterocycles. The Balaban J connectivity index is 1.90. The fourth-order valence-corrected chi connectivity index (χ4v) is 3.83. The standard InChI is InChI=1S/C20H18N4O4S/c1-10-7-16(25)17(20(27)28-10)14-8-15(11-3-5-12(29-2)6-4-11)24-19(23-14)13(9-22-24)18(21)26/h3-7,9,15,25H,8H2,1-2H3,(H2,21,26). The molecule has 4 rings (SSSR count). The van der Waals surface area contributed by atoms with Gasteiger partial charge in [-0.2, -0.15) is 5.10 Å². The van der Waals surface area contributed by atoms with Crippen molar-refractivity contribution in [1.29, 1.82) is 0 Å². The molecule has 0 fully saturated rings. The van der Waals surface area contributed by atoms with Gasteiger partial charge in [0.25, 0.3) is 5.91 Å². The maximum Gasteiger partial charge on any atom is 0.348 e. The van der Waals surface area contributed by atoms with Gasteiger partial charge in [0, 0.05) is 17.4 Å². The van der Waals surface area contributed by atoms with E-state index >= 15 is 0 Å². The summed E-state index contributed by atoms with van der Waals surface area (Å²) >= 11 is 1.63. The van der Waals surface area contributed by atoms with E-state index in [9.17, 15) is 14.7 Å². The molecule has 3 N–H and O–H groups in total. The van der Waals surface area contributed by atoms with Crippen LogP contribution in [0.5, 0.6) is 5.75 Å². The Morgan fingerprint density at radius 3 is 2.69 bits per heavy atom. The van der Waals surface area contributed by atoms with E-state index in [1.807, 2.05) is 30.5 Å². The van der Waals surface area contributed by atoms with Crippen LogP contribution in [0.1, 0.15) is 39.7 Å². The van der Waals surface area contributed by atoms with Crippen LogP contribution in [-0.4, -0.2) is 32.8 Å². The van der Waals surface area contributed by atoms with Gasteiger partial charge in [-0.05, 0) is 30.9 Å². The molecule has 3 aromatic rings. The number of fused-ring (bicyclic) bond motifs is 1. The van der Waals surface area contributed by atoms with Crippen LogP contribution in [0, 0.1) is 6.92 Å². The van der Waals surface area contributed by atoms with Crippen molar-refractivity contribution in [1.82, 2.24) is 9.78 Å². The SMILES string of the molecule is CSc1ccc(C2CC(c3c(O)cc(C)oc3=O)=Nc3c(C(N)=O)cnn32)cc1. The lowest BCUT2D eigenvalue weighted by Gasteiger charge is -2.25. The number of amides is 1. The van der Waals surface area contributed by atoms with Gasteiger partial charge in [0.15, 0.2) is 5.82 Å². The number of aromatic hydroxyl groups is 1. The fourth-order valence-electron chi connectivity index (χ4n) is 3.42. The van der Waals surface area contributed by atoms with Crippen LogP contribution >= 0.6 is 11.8 Å². The number of primary amides is 1. The topological polar surface area (TPSA) is 124 Å². The second kappa shape index (κ2) is 7.25. The molecule has 1 amide bonds. The molecule has 1 atom stereocenters. The summed E-state index contributed by atoms with van der Waals surface area (Å²) in [5.74, 6) is -0.354. The summed E-state index contributed by atoms with van der Waals surface area (Å²) in [5.41, 5.74) is 6.14. The molecule has 148 valence electrons. The second-order valence-electron chi connectivity index (χ2n) is 6.65. The Labute approximate surface area is 170 Å². The summed E-state index contributed by atoms with van der Waals surface area (Å²) in [6.45, 7) is 1.57. The van der Waals surface area contributed by atoms with Crippen molar-refractivity contribution in [2.45, 2.75) is 24.3 Å². The molecule has 9 heteroatoms. The zero-order valence-corrected chi connectivity index (χ0v) is 16.6. The van der Waals surface area contributed by atoms with E-state index in [-0.39, 0.29) is 35.2 Å². The van der Waals surface area contributed by atoms with Crippen molar-refractivity contribution < 1.29 is 14.3 Å². The first-order chi connectivity index (χ1) is 13.9. The molecule has 1 aromatic carbocycles. The number of hydrogen-bond acceptors (Lipinski definition) is 7. The molecule has 8 nitrogen and oxygen atoms in total. The van der Waals surface area contributed by atoms with Gasteiger partial charge in [0.1, 0.15) is 22.6 Å². The average Bonchev–Trinajstić information content (AvgIpc) is 3.11. The van der Waals surface area contributed by atoms with E-state index in [2.05, 4.69) is 10.1 Å². The molecular formula is C20H18N4O4S. The van der Waals surface area contributed by atoms with E-state index in [0.717, 1.165) is 10.5 Å². The third-order valence-electron chi connectivity index (χ3n) is 4.80. The van der Waals surface area contributed by atoms with Gasteiger partial charge in [-0.25, -0.2) is 14.5 Å². The summed E-state index contributed by atoms with van der Waals surface area (Å²) in [7, 11) is 0. The molecular weight excluding hydrogens is 392 g/mol. The van der Waals surface area contributed by atoms with Gasteiger partial charge < -0.3 is 15.3 Å². The van der Waals surface area contributed by atoms with Gasteiger partial charge in [0.2, 0.25) is 0 Å². The highest BCUT2D eigenvalue weighted by molar-refractivity contribution is 7.98. The number of carbonyl (C=O) groups is 1. The molecule has 1 aliphatic rings. The number of rotatable bonds is 4. The first-order valence-electron chi connectivity index (χ1n) is 8.82. The maximum atomic E-state index is 12.4. The Morgan fingerprint density at radius 2 is 2.07 bits per heavy atom. The molecule has 0 spiro atoms. The summed E-state index contributed by atoms with van der Waals surface area (Å²) in [6.07, 6.45) is 3.64. The minimum absolute atomic E-state index is 0.0239. The van der Waals surface area contributed by atoms with Crippen LogP contribution in [0.25, 0.3) is 0 Å². The molecule has 2 aromatic heterocycles. The zero-order chi connectivity index (χ0) is 20.7. The van der Waals surface area contributed by atoms with Gasteiger partial charge in [0.05, 0.1) is 18.0 Å². The van der Waals surface area contributed by atoms with Gasteiger partial charge in [-0.1, -0.05) is 12.1 Å². The molecule has 3 heterocycles. The van der Waals surface area contributed by atoms with Crippen LogP contribution in [0.2, 0.25) is 0 Å². The van der Waals surface area contributed by atoms with Gasteiger partial charge in [-0.3, -0.25) is 4.79 Å². The van der Waals surface area contributed by atoms with Crippen LogP contribution in [0.3, 0.4) is 0 Å². The largest absolute Gasteiger partial charge is 0.507 e. The normalized spacial score (nSPS) is 15.7. The first kappa shape index (κ1) is 19.0. The van der Waals surface area contributed by atoms with E-state index in [4.69, 9.17) is 10.2 Å². The molecule has 0 radical (unpaired) electrons. The minimum Gasteiger partial charge on any atom is -0.507 e. The quantitative estimate of drug-likeness (QED) is 0.638. The van der Waals surface area contributed by atoms with E-state index in [1.165, 1.54) is 12.3 Å². The van der Waals surface area contributed by atoms with Crippen molar-refractivity contribution >= 4 is 29.2 Å². The van der Waals surface area contributed by atoms with Crippen LogP contribution in [-0.2, 0) is 0 Å². The fraction of sp³-hybridized carbons (Fsp3) is 0.200. The predicted octanol–water partition coefficient (Wildman–Crippen LogP) is 2.79. The smallest absolute Gasteiger partial charge is 0.348 e. The zero-order valence-electron chi connectivity index (χ0n) is 15.7. The third-order valence-corrected chi connectivity index (χ3v) is 5.54. The minimum atomic E-state index is -0.689. The Hall–Kier alpha value is -3.33. The van der Waals surface area contributed by atoms with E-state index in [0.29, 0.717) is 11.5 Å². The molecule has 29 heavy (non-hydrogen) atoms. The van der Waals surface area contributed by atoms with Crippen LogP contribution in [0.4, 0.5) is 5.82 Å². The summed E-state index contributed by atoms with van der Waals surface area (Å²) in [5, 5.41) is 14.7. The number of thioether (sulfide) groups is 1. The number of aromatic nitrogens is 2. The van der Waals surface area contributed by atoms with Crippen LogP contribution in [0.15, 0.2) is 55.6 Å². The lowest BCUT2D eigenvalue weighted by molar-refractivity contribution is 0.100. The number of benzene rings is 1.